The minimum Gasteiger partial charge on any atom is -0.350 e. The van der Waals surface area contributed by atoms with Crippen molar-refractivity contribution in [1.82, 2.24) is 15.2 Å². The summed E-state index contributed by atoms with van der Waals surface area (Å²) in [6, 6.07) is 23.9. The summed E-state index contributed by atoms with van der Waals surface area (Å²) in [6.07, 6.45) is 5.77. The van der Waals surface area contributed by atoms with Crippen LogP contribution in [0.3, 0.4) is 0 Å². The number of benzene rings is 3. The molecule has 0 radical (unpaired) electrons. The number of nitrogens with one attached hydrogen (secondary N) is 1. The first kappa shape index (κ1) is 23.4. The molecule has 184 valence electrons. The Balaban J connectivity index is 1.06. The molecule has 2 heterocycles. The van der Waals surface area contributed by atoms with Crippen molar-refractivity contribution in [3.05, 3.63) is 99.5 Å². The zero-order valence-electron chi connectivity index (χ0n) is 20.7. The van der Waals surface area contributed by atoms with E-state index in [1.807, 2.05) is 5.38 Å². The zero-order valence-corrected chi connectivity index (χ0v) is 21.5. The number of fused-ring (bicyclic) bond motifs is 2. The highest BCUT2D eigenvalue weighted by Gasteiger charge is 2.26. The average Bonchev–Trinajstić information content (AvgIpc) is 3.42. The van der Waals surface area contributed by atoms with Gasteiger partial charge in [-0.2, -0.15) is 0 Å². The predicted octanol–water partition coefficient (Wildman–Crippen LogP) is 6.41. The highest BCUT2D eigenvalue weighted by atomic mass is 32.1. The van der Waals surface area contributed by atoms with Crippen molar-refractivity contribution in [3.63, 3.8) is 0 Å². The van der Waals surface area contributed by atoms with Gasteiger partial charge in [0.1, 0.15) is 10.7 Å². The van der Waals surface area contributed by atoms with E-state index in [0.29, 0.717) is 24.1 Å². The fraction of sp³-hybridized carbons (Fsp3) is 0.355. The van der Waals surface area contributed by atoms with Crippen LogP contribution in [0.15, 0.2) is 72.1 Å². The van der Waals surface area contributed by atoms with Gasteiger partial charge in [-0.1, -0.05) is 66.7 Å². The Morgan fingerprint density at radius 3 is 2.83 bits per heavy atom. The standard InChI is InChI=1S/C31H33N3OS/c35-30(29-21-36-31(33-29)28-16-6-12-24-10-2-4-15-27(24)28)32-18-22-8-7-17-34(19-22)20-25-13-5-11-23-9-1-3-14-26(23)25/h1-5,9-11,13-15,21-22,28H,6-8,12,16-20H2,(H,32,35)/t22-,28?/m0/s1. The summed E-state index contributed by atoms with van der Waals surface area (Å²) in [5.41, 5.74) is 4.78. The molecule has 4 nitrogen and oxygen atoms in total. The molecule has 1 N–H and O–H groups in total. The van der Waals surface area contributed by atoms with Crippen LogP contribution in [0, 0.1) is 5.92 Å². The second kappa shape index (κ2) is 10.5. The molecule has 2 aliphatic rings. The van der Waals surface area contributed by atoms with Crippen LogP contribution in [-0.2, 0) is 13.0 Å². The van der Waals surface area contributed by atoms with Crippen molar-refractivity contribution in [1.29, 1.82) is 0 Å². The van der Waals surface area contributed by atoms with Crippen LogP contribution >= 0.6 is 11.3 Å². The molecule has 1 amide bonds. The first-order valence-corrected chi connectivity index (χ1v) is 14.1. The van der Waals surface area contributed by atoms with E-state index in [0.717, 1.165) is 43.9 Å². The van der Waals surface area contributed by atoms with Crippen LogP contribution in [0.4, 0.5) is 0 Å². The summed E-state index contributed by atoms with van der Waals surface area (Å²) in [4.78, 5) is 20.3. The van der Waals surface area contributed by atoms with Crippen LogP contribution in [0.5, 0.6) is 0 Å². The molecule has 1 unspecified atom stereocenters. The van der Waals surface area contributed by atoms with Gasteiger partial charge in [0.05, 0.1) is 0 Å². The van der Waals surface area contributed by atoms with Crippen LogP contribution in [0.25, 0.3) is 10.8 Å². The summed E-state index contributed by atoms with van der Waals surface area (Å²) < 4.78 is 0. The Bertz CT molecular complexity index is 1360. The van der Waals surface area contributed by atoms with E-state index in [1.165, 1.54) is 40.3 Å². The maximum Gasteiger partial charge on any atom is 0.270 e. The molecule has 2 atom stereocenters. The second-order valence-corrected chi connectivity index (χ2v) is 11.2. The zero-order chi connectivity index (χ0) is 24.3. The van der Waals surface area contributed by atoms with Crippen LogP contribution in [-0.4, -0.2) is 35.4 Å². The van der Waals surface area contributed by atoms with Gasteiger partial charge in [0, 0.05) is 30.9 Å². The molecular formula is C31H33N3OS. The van der Waals surface area contributed by atoms with Crippen LogP contribution < -0.4 is 5.32 Å². The van der Waals surface area contributed by atoms with E-state index < -0.39 is 0 Å². The number of nitrogens with zero attached hydrogens (tertiary/aromatic N) is 2. The average molecular weight is 496 g/mol. The molecule has 6 rings (SSSR count). The molecule has 5 heteroatoms. The van der Waals surface area contributed by atoms with E-state index in [9.17, 15) is 4.79 Å². The molecule has 1 aliphatic carbocycles. The Kier molecular flexibility index (Phi) is 6.84. The van der Waals surface area contributed by atoms with E-state index in [2.05, 4.69) is 76.9 Å². The van der Waals surface area contributed by atoms with Gasteiger partial charge in [-0.15, -0.1) is 11.3 Å². The number of rotatable bonds is 6. The van der Waals surface area contributed by atoms with Gasteiger partial charge in [0.15, 0.2) is 0 Å². The third kappa shape index (κ3) is 4.95. The molecule has 0 spiro atoms. The summed E-state index contributed by atoms with van der Waals surface area (Å²) >= 11 is 1.63. The van der Waals surface area contributed by atoms with Crippen molar-refractivity contribution in [3.8, 4) is 0 Å². The van der Waals surface area contributed by atoms with Crippen LogP contribution in [0.2, 0.25) is 0 Å². The fourth-order valence-corrected chi connectivity index (χ4v) is 6.98. The molecule has 0 bridgehead atoms. The van der Waals surface area contributed by atoms with Gasteiger partial charge in [-0.3, -0.25) is 9.69 Å². The molecule has 0 saturated carbocycles. The highest BCUT2D eigenvalue weighted by molar-refractivity contribution is 7.10. The van der Waals surface area contributed by atoms with Gasteiger partial charge < -0.3 is 5.32 Å². The van der Waals surface area contributed by atoms with Crippen molar-refractivity contribution in [2.45, 2.75) is 44.6 Å². The molecule has 36 heavy (non-hydrogen) atoms. The number of aromatic nitrogens is 1. The first-order valence-electron chi connectivity index (χ1n) is 13.2. The number of carbonyl (C=O) groups is 1. The number of hydrogen-bond donors (Lipinski definition) is 1. The SMILES string of the molecule is O=C(NC[C@@H]1CCCN(Cc2cccc3ccccc23)C1)c1csc(C2CCCc3ccccc32)n1. The fourth-order valence-electron chi connectivity index (χ4n) is 6.02. The van der Waals surface area contributed by atoms with Gasteiger partial charge in [0.2, 0.25) is 0 Å². The Hall–Kier alpha value is -3.02. The van der Waals surface area contributed by atoms with Crippen molar-refractivity contribution in [2.24, 2.45) is 5.92 Å². The number of amides is 1. The Morgan fingerprint density at radius 2 is 1.86 bits per heavy atom. The molecule has 1 saturated heterocycles. The quantitative estimate of drug-likeness (QED) is 0.336. The highest BCUT2D eigenvalue weighted by Crippen LogP contribution is 2.37. The van der Waals surface area contributed by atoms with Crippen molar-refractivity contribution >= 4 is 28.0 Å². The maximum atomic E-state index is 13.0. The lowest BCUT2D eigenvalue weighted by atomic mass is 9.83. The maximum absolute atomic E-state index is 13.0. The topological polar surface area (TPSA) is 45.2 Å². The molecule has 1 aromatic heterocycles. The number of carbonyl (C=O) groups excluding carboxylic acids is 1. The smallest absolute Gasteiger partial charge is 0.270 e. The minimum atomic E-state index is -0.0345. The number of aryl methyl sites for hydroxylation is 1. The summed E-state index contributed by atoms with van der Waals surface area (Å²) in [7, 11) is 0. The lowest BCUT2D eigenvalue weighted by Crippen LogP contribution is -2.40. The third-order valence-corrected chi connectivity index (χ3v) is 8.81. The lowest BCUT2D eigenvalue weighted by molar-refractivity contribution is 0.0926. The molecule has 1 aliphatic heterocycles. The molecule has 1 fully saturated rings. The summed E-state index contributed by atoms with van der Waals surface area (Å²) in [6.45, 7) is 3.81. The molecule has 3 aromatic carbocycles. The van der Waals surface area contributed by atoms with E-state index in [4.69, 9.17) is 4.98 Å². The summed E-state index contributed by atoms with van der Waals surface area (Å²) in [5.74, 6) is 0.760. The number of hydrogen-bond acceptors (Lipinski definition) is 4. The second-order valence-electron chi connectivity index (χ2n) is 10.3. The lowest BCUT2D eigenvalue weighted by Gasteiger charge is -2.33. The first-order chi connectivity index (χ1) is 17.7. The predicted molar refractivity (Wildman–Crippen MR) is 148 cm³/mol. The number of piperidine rings is 1. The van der Waals surface area contributed by atoms with Gasteiger partial charge in [0.25, 0.3) is 5.91 Å². The van der Waals surface area contributed by atoms with Crippen LogP contribution in [0.1, 0.15) is 63.8 Å². The van der Waals surface area contributed by atoms with E-state index >= 15 is 0 Å². The van der Waals surface area contributed by atoms with Gasteiger partial charge in [-0.25, -0.2) is 4.98 Å². The van der Waals surface area contributed by atoms with Gasteiger partial charge in [-0.05, 0) is 72.0 Å². The largest absolute Gasteiger partial charge is 0.350 e. The van der Waals surface area contributed by atoms with E-state index in [1.54, 1.807) is 11.3 Å². The normalized spacial score (nSPS) is 20.2. The molecule has 4 aromatic rings. The number of thiazole rings is 1. The Labute approximate surface area is 217 Å². The minimum absolute atomic E-state index is 0.0345. The Morgan fingerprint density at radius 1 is 1.00 bits per heavy atom. The third-order valence-electron chi connectivity index (χ3n) is 7.85. The van der Waals surface area contributed by atoms with Crippen molar-refractivity contribution < 1.29 is 4.79 Å². The van der Waals surface area contributed by atoms with E-state index in [-0.39, 0.29) is 5.91 Å². The number of likely N-dealkylation sites (tertiary alicyclic amines) is 1. The van der Waals surface area contributed by atoms with Crippen molar-refractivity contribution in [2.75, 3.05) is 19.6 Å². The summed E-state index contributed by atoms with van der Waals surface area (Å²) in [5, 5.41) is 8.86. The monoisotopic (exact) mass is 495 g/mol. The van der Waals surface area contributed by atoms with Gasteiger partial charge >= 0.3 is 0 Å². The molecular weight excluding hydrogens is 462 g/mol.